The van der Waals surface area contributed by atoms with E-state index in [2.05, 4.69) is 10.2 Å². The van der Waals surface area contributed by atoms with Crippen LogP contribution < -0.4 is 11.1 Å². The molecule has 3 amide bonds. The number of nitrogens with zero attached hydrogens (tertiary/aromatic N) is 3. The molecule has 2 aromatic heterocycles. The summed E-state index contributed by atoms with van der Waals surface area (Å²) in [7, 11) is 1.76. The molecule has 0 unspecified atom stereocenters. The summed E-state index contributed by atoms with van der Waals surface area (Å²) in [4.78, 5) is 21.7. The molecule has 0 atom stereocenters. The van der Waals surface area contributed by atoms with E-state index in [1.165, 1.54) is 6.26 Å². The second-order valence-corrected chi connectivity index (χ2v) is 4.49. The fourth-order valence-electron chi connectivity index (χ4n) is 1.36. The van der Waals surface area contributed by atoms with E-state index in [-0.39, 0.29) is 5.75 Å². The van der Waals surface area contributed by atoms with Gasteiger partial charge in [-0.05, 0) is 12.1 Å². The molecule has 3 N–H and O–H groups in total. The van der Waals surface area contributed by atoms with Gasteiger partial charge >= 0.3 is 6.03 Å². The normalized spacial score (nSPS) is 10.4. The van der Waals surface area contributed by atoms with Crippen LogP contribution in [0.25, 0.3) is 11.6 Å². The van der Waals surface area contributed by atoms with Gasteiger partial charge in [-0.25, -0.2) is 4.79 Å². The quantitative estimate of drug-likeness (QED) is 0.782. The van der Waals surface area contributed by atoms with Crippen molar-refractivity contribution in [3.8, 4) is 11.6 Å². The number of aromatic nitrogens is 3. The lowest BCUT2D eigenvalue weighted by Gasteiger charge is -2.02. The Morgan fingerprint density at radius 1 is 1.53 bits per heavy atom. The first-order valence-electron chi connectivity index (χ1n) is 5.23. The van der Waals surface area contributed by atoms with Gasteiger partial charge in [0.05, 0.1) is 12.0 Å². The van der Waals surface area contributed by atoms with E-state index in [1.54, 1.807) is 23.7 Å². The molecule has 8 nitrogen and oxygen atoms in total. The third kappa shape index (κ3) is 3.13. The monoisotopic (exact) mass is 281 g/mol. The fraction of sp³-hybridized carbons (Fsp3) is 0.200. The van der Waals surface area contributed by atoms with Crippen LogP contribution in [0, 0.1) is 0 Å². The topological polar surface area (TPSA) is 116 Å². The van der Waals surface area contributed by atoms with Gasteiger partial charge in [0, 0.05) is 7.05 Å². The van der Waals surface area contributed by atoms with Gasteiger partial charge in [-0.1, -0.05) is 11.8 Å². The molecule has 100 valence electrons. The maximum Gasteiger partial charge on any atom is 0.318 e. The van der Waals surface area contributed by atoms with Crippen LogP contribution in [0.3, 0.4) is 0 Å². The molecule has 0 aromatic carbocycles. The molecule has 2 heterocycles. The van der Waals surface area contributed by atoms with Gasteiger partial charge in [-0.15, -0.1) is 10.2 Å². The third-order valence-corrected chi connectivity index (χ3v) is 3.19. The number of carbonyl (C=O) groups is 2. The Bertz CT molecular complexity index is 592. The van der Waals surface area contributed by atoms with Crippen molar-refractivity contribution < 1.29 is 14.0 Å². The number of carbonyl (C=O) groups excluding carboxylic acids is 2. The lowest BCUT2D eigenvalue weighted by atomic mass is 10.4. The van der Waals surface area contributed by atoms with E-state index in [1.807, 2.05) is 5.32 Å². The van der Waals surface area contributed by atoms with Crippen LogP contribution in [0.1, 0.15) is 0 Å². The summed E-state index contributed by atoms with van der Waals surface area (Å²) in [5.41, 5.74) is 4.83. The molecule has 2 aromatic rings. The molecule has 0 aliphatic heterocycles. The minimum absolute atomic E-state index is 0.0209. The Morgan fingerprint density at radius 2 is 2.32 bits per heavy atom. The molecule has 0 aliphatic carbocycles. The second-order valence-electron chi connectivity index (χ2n) is 3.54. The number of imide groups is 1. The molecule has 0 radical (unpaired) electrons. The zero-order valence-electron chi connectivity index (χ0n) is 9.99. The highest BCUT2D eigenvalue weighted by Crippen LogP contribution is 2.22. The number of nitrogens with two attached hydrogens (primary N) is 1. The molecule has 0 fully saturated rings. The van der Waals surface area contributed by atoms with Crippen molar-refractivity contribution in [2.75, 3.05) is 5.75 Å². The molecule has 0 aliphatic rings. The second kappa shape index (κ2) is 5.57. The first kappa shape index (κ1) is 13.1. The van der Waals surface area contributed by atoms with E-state index in [0.717, 1.165) is 11.8 Å². The third-order valence-electron chi connectivity index (χ3n) is 2.17. The van der Waals surface area contributed by atoms with Crippen LogP contribution >= 0.6 is 11.8 Å². The van der Waals surface area contributed by atoms with Gasteiger partial charge in [-0.3, -0.25) is 10.1 Å². The number of rotatable bonds is 4. The molecule has 9 heteroatoms. The van der Waals surface area contributed by atoms with Gasteiger partial charge in [0.2, 0.25) is 5.91 Å². The van der Waals surface area contributed by atoms with Gasteiger partial charge in [-0.2, -0.15) is 0 Å². The summed E-state index contributed by atoms with van der Waals surface area (Å²) in [5.74, 6) is 0.680. The van der Waals surface area contributed by atoms with Crippen LogP contribution in [-0.2, 0) is 11.8 Å². The Labute approximate surface area is 112 Å². The zero-order chi connectivity index (χ0) is 13.8. The van der Waals surface area contributed by atoms with Crippen molar-refractivity contribution in [2.45, 2.75) is 5.16 Å². The van der Waals surface area contributed by atoms with Crippen LogP contribution in [0.4, 0.5) is 4.79 Å². The number of hydrogen-bond acceptors (Lipinski definition) is 6. The van der Waals surface area contributed by atoms with E-state index >= 15 is 0 Å². The summed E-state index contributed by atoms with van der Waals surface area (Å²) in [6.45, 7) is 0. The molecular weight excluding hydrogens is 270 g/mol. The number of urea groups is 1. The maximum absolute atomic E-state index is 11.3. The van der Waals surface area contributed by atoms with Gasteiger partial charge < -0.3 is 14.7 Å². The summed E-state index contributed by atoms with van der Waals surface area (Å²) in [6.07, 6.45) is 1.54. The highest BCUT2D eigenvalue weighted by Gasteiger charge is 2.14. The minimum atomic E-state index is -0.875. The largest absolute Gasteiger partial charge is 0.461 e. The van der Waals surface area contributed by atoms with E-state index in [9.17, 15) is 9.59 Å². The van der Waals surface area contributed by atoms with Crippen molar-refractivity contribution >= 4 is 23.7 Å². The van der Waals surface area contributed by atoms with Crippen LogP contribution in [0.15, 0.2) is 28.0 Å². The SMILES string of the molecule is Cn1c(SCC(=O)NC(N)=O)nnc1-c1ccco1. The molecule has 0 saturated carbocycles. The first-order valence-corrected chi connectivity index (χ1v) is 6.22. The van der Waals surface area contributed by atoms with Crippen LogP contribution in [-0.4, -0.2) is 32.5 Å². The lowest BCUT2D eigenvalue weighted by molar-refractivity contribution is -0.117. The lowest BCUT2D eigenvalue weighted by Crippen LogP contribution is -2.36. The van der Waals surface area contributed by atoms with Crippen molar-refractivity contribution in [3.63, 3.8) is 0 Å². The summed E-state index contributed by atoms with van der Waals surface area (Å²) >= 11 is 1.14. The fourth-order valence-corrected chi connectivity index (χ4v) is 2.08. The zero-order valence-corrected chi connectivity index (χ0v) is 10.8. The Morgan fingerprint density at radius 3 is 2.95 bits per heavy atom. The highest BCUT2D eigenvalue weighted by molar-refractivity contribution is 7.99. The van der Waals surface area contributed by atoms with Gasteiger partial charge in [0.25, 0.3) is 0 Å². The average Bonchev–Trinajstić information content (AvgIpc) is 2.95. The molecule has 0 spiro atoms. The molecule has 0 saturated heterocycles. The van der Waals surface area contributed by atoms with Gasteiger partial charge in [0.15, 0.2) is 16.7 Å². The molecule has 19 heavy (non-hydrogen) atoms. The smallest absolute Gasteiger partial charge is 0.318 e. The average molecular weight is 281 g/mol. The number of primary amides is 1. The van der Waals surface area contributed by atoms with E-state index in [4.69, 9.17) is 10.2 Å². The van der Waals surface area contributed by atoms with E-state index < -0.39 is 11.9 Å². The number of furan rings is 1. The van der Waals surface area contributed by atoms with Crippen LogP contribution in [0.2, 0.25) is 0 Å². The predicted molar refractivity (Wildman–Crippen MR) is 67.2 cm³/mol. The molecule has 0 bridgehead atoms. The number of hydrogen-bond donors (Lipinski definition) is 2. The molecule has 2 rings (SSSR count). The standard InChI is InChI=1S/C10H11N5O3S/c1-15-8(6-3-2-4-18-6)13-14-10(15)19-5-7(16)12-9(11)17/h2-4H,5H2,1H3,(H3,11,12,16,17). The Hall–Kier alpha value is -2.29. The van der Waals surface area contributed by atoms with Gasteiger partial charge in [0.1, 0.15) is 0 Å². The predicted octanol–water partition coefficient (Wildman–Crippen LogP) is 0.362. The number of nitrogens with one attached hydrogen (secondary N) is 1. The summed E-state index contributed by atoms with van der Waals surface area (Å²) in [5, 5.41) is 10.4. The van der Waals surface area contributed by atoms with Crippen LogP contribution in [0.5, 0.6) is 0 Å². The maximum atomic E-state index is 11.3. The van der Waals surface area contributed by atoms with Crippen molar-refractivity contribution in [2.24, 2.45) is 12.8 Å². The number of amides is 3. The van der Waals surface area contributed by atoms with Crippen molar-refractivity contribution in [1.29, 1.82) is 0 Å². The molecular formula is C10H11N5O3S. The summed E-state index contributed by atoms with van der Waals surface area (Å²) in [6, 6.07) is 2.63. The van der Waals surface area contributed by atoms with E-state index in [0.29, 0.717) is 16.7 Å². The summed E-state index contributed by atoms with van der Waals surface area (Å²) < 4.78 is 6.91. The van der Waals surface area contributed by atoms with Crippen molar-refractivity contribution in [3.05, 3.63) is 18.4 Å². The first-order chi connectivity index (χ1) is 9.08. The Kier molecular flexibility index (Phi) is 3.85. The highest BCUT2D eigenvalue weighted by atomic mass is 32.2. The number of thioether (sulfide) groups is 1. The van der Waals surface area contributed by atoms with Crippen molar-refractivity contribution in [1.82, 2.24) is 20.1 Å². The Balaban J connectivity index is 2.03. The minimum Gasteiger partial charge on any atom is -0.461 e.